The van der Waals surface area contributed by atoms with Gasteiger partial charge in [-0.05, 0) is 67.8 Å². The van der Waals surface area contributed by atoms with E-state index in [4.69, 9.17) is 0 Å². The first-order valence-electron chi connectivity index (χ1n) is 10.4. The molecule has 5 nitrogen and oxygen atoms in total. The van der Waals surface area contributed by atoms with E-state index < -0.39 is 10.0 Å². The summed E-state index contributed by atoms with van der Waals surface area (Å²) in [5.41, 5.74) is 4.87. The fraction of sp³-hybridized carbons (Fsp3) is 0.292. The fourth-order valence-corrected chi connectivity index (χ4v) is 6.22. The van der Waals surface area contributed by atoms with Crippen molar-refractivity contribution >= 4 is 16.1 Å². The van der Waals surface area contributed by atoms with Crippen molar-refractivity contribution in [3.05, 3.63) is 82.9 Å². The van der Waals surface area contributed by atoms with E-state index in [1.54, 1.807) is 28.6 Å². The van der Waals surface area contributed by atoms with E-state index in [2.05, 4.69) is 18.1 Å². The molecule has 1 aliphatic heterocycles. The van der Waals surface area contributed by atoms with Crippen LogP contribution in [0, 0.1) is 18.2 Å². The molecule has 0 amide bonds. The van der Waals surface area contributed by atoms with Crippen LogP contribution in [0.2, 0.25) is 0 Å². The highest BCUT2D eigenvalue weighted by Gasteiger charge is 2.42. The summed E-state index contributed by atoms with van der Waals surface area (Å²) in [6.45, 7) is 4.98. The van der Waals surface area contributed by atoms with Crippen LogP contribution in [0.15, 0.2) is 65.2 Å². The van der Waals surface area contributed by atoms with Crippen LogP contribution in [-0.4, -0.2) is 35.6 Å². The molecule has 1 atom stereocenters. The lowest BCUT2D eigenvalue weighted by atomic mass is 9.70. The Hall–Kier alpha value is -2.77. The molecule has 1 fully saturated rings. The van der Waals surface area contributed by atoms with Crippen molar-refractivity contribution in [2.75, 3.05) is 13.1 Å². The predicted octanol–water partition coefficient (Wildman–Crippen LogP) is 4.36. The summed E-state index contributed by atoms with van der Waals surface area (Å²) in [4.78, 5) is 0.342. The van der Waals surface area contributed by atoms with Gasteiger partial charge in [-0.15, -0.1) is 0 Å². The van der Waals surface area contributed by atoms with Gasteiger partial charge in [-0.1, -0.05) is 30.2 Å². The van der Waals surface area contributed by atoms with Gasteiger partial charge in [0.05, 0.1) is 22.5 Å². The zero-order chi connectivity index (χ0) is 21.8. The largest absolute Gasteiger partial charge is 0.243 e. The number of aromatic nitrogens is 2. The Kier molecular flexibility index (Phi) is 4.64. The zero-order valence-electron chi connectivity index (χ0n) is 17.5. The van der Waals surface area contributed by atoms with Gasteiger partial charge in [0, 0.05) is 18.5 Å². The van der Waals surface area contributed by atoms with Crippen molar-refractivity contribution in [3.63, 3.8) is 0 Å². The number of benzene rings is 2. The molecule has 0 spiro atoms. The normalized spacial score (nSPS) is 21.3. The quantitative estimate of drug-likeness (QED) is 0.612. The van der Waals surface area contributed by atoms with Crippen molar-refractivity contribution in [2.24, 2.45) is 5.41 Å². The number of sulfonamides is 1. The van der Waals surface area contributed by atoms with Crippen LogP contribution in [-0.2, 0) is 16.4 Å². The molecular formula is C24H24FN3O2S. The Labute approximate surface area is 181 Å². The van der Waals surface area contributed by atoms with Crippen LogP contribution in [0.5, 0.6) is 0 Å². The van der Waals surface area contributed by atoms with Crippen LogP contribution in [0.25, 0.3) is 11.8 Å². The van der Waals surface area contributed by atoms with Gasteiger partial charge in [-0.25, -0.2) is 17.5 Å². The second-order valence-corrected chi connectivity index (χ2v) is 10.7. The van der Waals surface area contributed by atoms with Gasteiger partial charge in [0.25, 0.3) is 0 Å². The number of fused-ring (bicyclic) bond motifs is 2. The smallest absolute Gasteiger partial charge is 0.233 e. The van der Waals surface area contributed by atoms with Crippen LogP contribution < -0.4 is 0 Å². The van der Waals surface area contributed by atoms with Gasteiger partial charge in [0.1, 0.15) is 5.82 Å². The average Bonchev–Trinajstić information content (AvgIpc) is 3.14. The van der Waals surface area contributed by atoms with Crippen LogP contribution in [0.1, 0.15) is 30.2 Å². The van der Waals surface area contributed by atoms with Gasteiger partial charge in [-0.3, -0.25) is 0 Å². The third-order valence-electron chi connectivity index (χ3n) is 6.44. The van der Waals surface area contributed by atoms with Crippen molar-refractivity contribution in [2.45, 2.75) is 31.6 Å². The van der Waals surface area contributed by atoms with E-state index in [1.165, 1.54) is 17.7 Å². The van der Waals surface area contributed by atoms with Crippen LogP contribution in [0.3, 0.4) is 0 Å². The molecule has 0 bridgehead atoms. The molecular weight excluding hydrogens is 413 g/mol. The highest BCUT2D eigenvalue weighted by Crippen LogP contribution is 2.44. The van der Waals surface area contributed by atoms with Crippen molar-refractivity contribution < 1.29 is 12.8 Å². The fourth-order valence-electron chi connectivity index (χ4n) is 4.65. The number of nitrogens with zero attached hydrogens (tertiary/aromatic N) is 3. The molecule has 0 N–H and O–H groups in total. The SMILES string of the molecule is Cc1ccc(S(=O)(=O)N2CCC3=Cc4c(cnn4-c4ccc(F)cc4)C[C@]3(C)C2)cc1. The van der Waals surface area contributed by atoms with Crippen molar-refractivity contribution in [3.8, 4) is 5.69 Å². The first kappa shape index (κ1) is 20.2. The molecule has 2 aliphatic rings. The second kappa shape index (κ2) is 7.14. The standard InChI is InChI=1S/C24H24FN3O2S/c1-17-3-9-22(10-4-17)31(29,30)27-12-11-19-13-23-18(14-24(19,2)16-27)15-26-28(23)21-7-5-20(25)6-8-21/h3-10,13,15H,11-12,14,16H2,1-2H3/t24-/m1/s1. The molecule has 0 radical (unpaired) electrons. The van der Waals surface area contributed by atoms with E-state index in [-0.39, 0.29) is 11.2 Å². The highest BCUT2D eigenvalue weighted by molar-refractivity contribution is 7.89. The Morgan fingerprint density at radius 1 is 1.06 bits per heavy atom. The average molecular weight is 438 g/mol. The van der Waals surface area contributed by atoms with Gasteiger partial charge in [-0.2, -0.15) is 9.40 Å². The summed E-state index contributed by atoms with van der Waals surface area (Å²) in [6, 6.07) is 13.3. The summed E-state index contributed by atoms with van der Waals surface area (Å²) in [5.74, 6) is -0.280. The Morgan fingerprint density at radius 2 is 1.77 bits per heavy atom. The number of rotatable bonds is 3. The zero-order valence-corrected chi connectivity index (χ0v) is 18.4. The van der Waals surface area contributed by atoms with Gasteiger partial charge >= 0.3 is 0 Å². The van der Waals surface area contributed by atoms with Gasteiger partial charge in [0.2, 0.25) is 10.0 Å². The molecule has 2 aromatic carbocycles. The Balaban J connectivity index is 1.46. The minimum Gasteiger partial charge on any atom is -0.233 e. The topological polar surface area (TPSA) is 55.2 Å². The second-order valence-electron chi connectivity index (χ2n) is 8.75. The maximum absolute atomic E-state index is 13.3. The predicted molar refractivity (Wildman–Crippen MR) is 118 cm³/mol. The number of halogens is 1. The Bertz CT molecular complexity index is 1280. The molecule has 0 unspecified atom stereocenters. The minimum atomic E-state index is -3.54. The number of hydrogen-bond donors (Lipinski definition) is 0. The molecule has 160 valence electrons. The number of piperidine rings is 1. The third-order valence-corrected chi connectivity index (χ3v) is 8.30. The van der Waals surface area contributed by atoms with Crippen LogP contribution >= 0.6 is 0 Å². The van der Waals surface area contributed by atoms with Crippen molar-refractivity contribution in [1.29, 1.82) is 0 Å². The van der Waals surface area contributed by atoms with Gasteiger partial charge in [0.15, 0.2) is 0 Å². The lowest BCUT2D eigenvalue weighted by molar-refractivity contribution is 0.231. The summed E-state index contributed by atoms with van der Waals surface area (Å²) in [6.07, 6.45) is 5.38. The number of aryl methyl sites for hydroxylation is 1. The first-order valence-corrected chi connectivity index (χ1v) is 11.8. The Morgan fingerprint density at radius 3 is 2.48 bits per heavy atom. The molecule has 1 saturated heterocycles. The molecule has 7 heteroatoms. The molecule has 3 aromatic rings. The van der Waals surface area contributed by atoms with E-state index in [0.29, 0.717) is 24.4 Å². The third kappa shape index (κ3) is 3.42. The maximum atomic E-state index is 13.3. The van der Waals surface area contributed by atoms with Crippen LogP contribution in [0.4, 0.5) is 4.39 Å². The highest BCUT2D eigenvalue weighted by atomic mass is 32.2. The number of hydrogen-bond acceptors (Lipinski definition) is 3. The summed E-state index contributed by atoms with van der Waals surface area (Å²) >= 11 is 0. The first-order chi connectivity index (χ1) is 14.8. The maximum Gasteiger partial charge on any atom is 0.243 e. The lowest BCUT2D eigenvalue weighted by Crippen LogP contribution is -2.47. The van der Waals surface area contributed by atoms with E-state index >= 15 is 0 Å². The van der Waals surface area contributed by atoms with Gasteiger partial charge < -0.3 is 0 Å². The molecule has 1 aromatic heterocycles. The summed E-state index contributed by atoms with van der Waals surface area (Å²) in [5, 5.41) is 4.53. The molecule has 0 saturated carbocycles. The summed E-state index contributed by atoms with van der Waals surface area (Å²) in [7, 11) is -3.54. The molecule has 2 heterocycles. The molecule has 1 aliphatic carbocycles. The van der Waals surface area contributed by atoms with E-state index in [1.807, 2.05) is 29.9 Å². The lowest BCUT2D eigenvalue weighted by Gasteiger charge is -2.43. The monoisotopic (exact) mass is 437 g/mol. The molecule has 31 heavy (non-hydrogen) atoms. The van der Waals surface area contributed by atoms with E-state index in [9.17, 15) is 12.8 Å². The van der Waals surface area contributed by atoms with Crippen molar-refractivity contribution in [1.82, 2.24) is 14.1 Å². The van der Waals surface area contributed by atoms with E-state index in [0.717, 1.165) is 28.9 Å². The minimum absolute atomic E-state index is 0.278. The molecule has 5 rings (SSSR count). The summed E-state index contributed by atoms with van der Waals surface area (Å²) < 4.78 is 43.2.